The predicted octanol–water partition coefficient (Wildman–Crippen LogP) is 4.52. The van der Waals surface area contributed by atoms with E-state index in [2.05, 4.69) is 37.1 Å². The van der Waals surface area contributed by atoms with Crippen molar-refractivity contribution in [2.45, 2.75) is 32.9 Å². The van der Waals surface area contributed by atoms with E-state index in [1.54, 1.807) is 6.92 Å². The average Bonchev–Trinajstić information content (AvgIpc) is 3.06. The first-order chi connectivity index (χ1) is 16.3. The van der Waals surface area contributed by atoms with Gasteiger partial charge in [-0.1, -0.05) is 0 Å². The number of hydrogen-bond acceptors (Lipinski definition) is 8. The molecule has 10 heteroatoms. The van der Waals surface area contributed by atoms with Gasteiger partial charge in [-0.15, -0.1) is 5.11 Å². The lowest BCUT2D eigenvalue weighted by molar-refractivity contribution is -0.140. The van der Waals surface area contributed by atoms with E-state index in [1.165, 1.54) is 17.9 Å². The van der Waals surface area contributed by atoms with Gasteiger partial charge in [0.15, 0.2) is 6.23 Å². The van der Waals surface area contributed by atoms with Crippen LogP contribution in [0.3, 0.4) is 0 Å². The third-order valence-electron chi connectivity index (χ3n) is 5.99. The van der Waals surface area contributed by atoms with Gasteiger partial charge < -0.3 is 19.6 Å². The van der Waals surface area contributed by atoms with E-state index in [0.29, 0.717) is 41.0 Å². The van der Waals surface area contributed by atoms with Crippen LogP contribution in [-0.4, -0.2) is 48.1 Å². The summed E-state index contributed by atoms with van der Waals surface area (Å²) in [5.74, 6) is -0.610. The van der Waals surface area contributed by atoms with Crippen LogP contribution in [0.2, 0.25) is 0 Å². The lowest BCUT2D eigenvalue weighted by atomic mass is 10.0. The maximum atomic E-state index is 12.7. The molecule has 1 amide bonds. The minimum Gasteiger partial charge on any atom is -0.464 e. The van der Waals surface area contributed by atoms with Crippen LogP contribution in [0.15, 0.2) is 39.0 Å². The fraction of sp³-hybridized carbons (Fsp3) is 0.375. The fourth-order valence-electron chi connectivity index (χ4n) is 4.37. The van der Waals surface area contributed by atoms with E-state index >= 15 is 0 Å². The van der Waals surface area contributed by atoms with Crippen LogP contribution in [0.25, 0.3) is 0 Å². The van der Waals surface area contributed by atoms with Crippen LogP contribution in [0, 0.1) is 11.3 Å². The summed E-state index contributed by atoms with van der Waals surface area (Å²) in [7, 11) is 0. The van der Waals surface area contributed by atoms with Crippen LogP contribution >= 0.6 is 15.9 Å². The number of aryl methyl sites for hydroxylation is 1. The Morgan fingerprint density at radius 2 is 2.15 bits per heavy atom. The third-order valence-corrected chi connectivity index (χ3v) is 6.76. The summed E-state index contributed by atoms with van der Waals surface area (Å²) in [6.45, 7) is 5.36. The highest BCUT2D eigenvalue weighted by molar-refractivity contribution is 9.10. The smallest absolute Gasteiger partial charge is 0.302 e. The van der Waals surface area contributed by atoms with E-state index in [0.717, 1.165) is 30.6 Å². The third kappa shape index (κ3) is 4.41. The number of azo groups is 1. The van der Waals surface area contributed by atoms with Crippen molar-refractivity contribution in [3.63, 3.8) is 0 Å². The first kappa shape index (κ1) is 23.9. The maximum absolute atomic E-state index is 12.7. The van der Waals surface area contributed by atoms with Gasteiger partial charge in [-0.2, -0.15) is 10.4 Å². The van der Waals surface area contributed by atoms with Gasteiger partial charge in [-0.25, -0.2) is 0 Å². The van der Waals surface area contributed by atoms with E-state index in [1.807, 2.05) is 18.2 Å². The largest absolute Gasteiger partial charge is 0.464 e. The van der Waals surface area contributed by atoms with Crippen LogP contribution in [0.4, 0.5) is 17.1 Å². The molecule has 0 bridgehead atoms. The van der Waals surface area contributed by atoms with Gasteiger partial charge in [0.25, 0.3) is 5.91 Å². The fourth-order valence-corrected chi connectivity index (χ4v) is 5.06. The van der Waals surface area contributed by atoms with Crippen LogP contribution < -0.4 is 4.90 Å². The van der Waals surface area contributed by atoms with Crippen molar-refractivity contribution < 1.29 is 19.4 Å². The Balaban J connectivity index is 1.62. The molecule has 0 saturated heterocycles. The molecular formula is C24H24BrN5O4. The monoisotopic (exact) mass is 525 g/mol. The van der Waals surface area contributed by atoms with Gasteiger partial charge in [0.1, 0.15) is 18.4 Å². The summed E-state index contributed by atoms with van der Waals surface area (Å²) in [5, 5.41) is 28.8. The summed E-state index contributed by atoms with van der Waals surface area (Å²) in [6, 6.07) is 9.35. The number of nitriles is 1. The lowest BCUT2D eigenvalue weighted by Gasteiger charge is -2.31. The lowest BCUT2D eigenvalue weighted by Crippen LogP contribution is -2.32. The molecule has 0 aliphatic carbocycles. The number of nitrogens with zero attached hydrogens (tertiary/aromatic N) is 5. The molecule has 0 fully saturated rings. The molecular weight excluding hydrogens is 502 g/mol. The summed E-state index contributed by atoms with van der Waals surface area (Å²) in [6.07, 6.45) is 0.779. The average molecular weight is 526 g/mol. The Morgan fingerprint density at radius 1 is 1.35 bits per heavy atom. The van der Waals surface area contributed by atoms with Crippen LogP contribution in [-0.2, 0) is 16.0 Å². The zero-order chi connectivity index (χ0) is 24.4. The quantitative estimate of drug-likeness (QED) is 0.437. The molecule has 2 aromatic rings. The van der Waals surface area contributed by atoms with Crippen molar-refractivity contribution in [1.29, 1.82) is 5.26 Å². The Morgan fingerprint density at radius 3 is 2.85 bits per heavy atom. The van der Waals surface area contributed by atoms with Crippen LogP contribution in [0.1, 0.15) is 53.5 Å². The van der Waals surface area contributed by atoms with Gasteiger partial charge >= 0.3 is 5.97 Å². The number of carbonyl (C=O) groups excluding carboxylic acids is 2. The SMILES string of the molecule is CCN1C(=O)c2c(cc(C#N)c(N=Nc3ccc4c(c3)CCCN4CCOC(C)=O)c2Br)C1O. The van der Waals surface area contributed by atoms with Crippen LogP contribution in [0.5, 0.6) is 0 Å². The van der Waals surface area contributed by atoms with Crippen molar-refractivity contribution in [2.24, 2.45) is 10.2 Å². The Hall–Kier alpha value is -3.29. The molecule has 0 saturated carbocycles. The molecule has 0 radical (unpaired) electrons. The number of benzene rings is 2. The molecule has 2 aromatic carbocycles. The normalized spacial score (nSPS) is 17.0. The predicted molar refractivity (Wildman–Crippen MR) is 128 cm³/mol. The van der Waals surface area contributed by atoms with E-state index in [9.17, 15) is 20.0 Å². The summed E-state index contributed by atoms with van der Waals surface area (Å²) >= 11 is 3.42. The van der Waals surface area contributed by atoms with E-state index in [4.69, 9.17) is 4.74 Å². The highest BCUT2D eigenvalue weighted by Gasteiger charge is 2.38. The molecule has 4 rings (SSSR count). The number of halogens is 1. The van der Waals surface area contributed by atoms with Gasteiger partial charge in [0.05, 0.1) is 27.8 Å². The van der Waals surface area contributed by atoms with E-state index in [-0.39, 0.29) is 23.1 Å². The van der Waals surface area contributed by atoms with Gasteiger partial charge in [0.2, 0.25) is 0 Å². The first-order valence-corrected chi connectivity index (χ1v) is 11.8. The minimum atomic E-state index is -1.09. The Kier molecular flexibility index (Phi) is 6.95. The topological polar surface area (TPSA) is 119 Å². The molecule has 1 N–H and O–H groups in total. The zero-order valence-electron chi connectivity index (χ0n) is 18.9. The number of hydrogen-bond donors (Lipinski definition) is 1. The molecule has 1 unspecified atom stereocenters. The highest BCUT2D eigenvalue weighted by Crippen LogP contribution is 2.43. The molecule has 176 valence electrons. The Bertz CT molecular complexity index is 1220. The molecule has 0 spiro atoms. The molecule has 2 aliphatic rings. The number of anilines is 1. The first-order valence-electron chi connectivity index (χ1n) is 11.0. The van der Waals surface area contributed by atoms with Gasteiger partial charge in [-0.05, 0) is 65.5 Å². The molecule has 2 heterocycles. The number of fused-ring (bicyclic) bond motifs is 2. The van der Waals surface area contributed by atoms with E-state index < -0.39 is 6.23 Å². The number of ether oxygens (including phenoxy) is 1. The number of aliphatic hydroxyl groups excluding tert-OH is 1. The minimum absolute atomic E-state index is 0.216. The zero-order valence-corrected chi connectivity index (χ0v) is 20.5. The number of amides is 1. The molecule has 2 aliphatic heterocycles. The number of rotatable bonds is 6. The second-order valence-corrected chi connectivity index (χ2v) is 8.86. The second-order valence-electron chi connectivity index (χ2n) is 8.07. The van der Waals surface area contributed by atoms with Crippen molar-refractivity contribution >= 4 is 44.9 Å². The molecule has 34 heavy (non-hydrogen) atoms. The van der Waals surface area contributed by atoms with Gasteiger partial charge in [0, 0.05) is 31.3 Å². The van der Waals surface area contributed by atoms with Crippen molar-refractivity contribution in [3.05, 3.63) is 51.0 Å². The Labute approximate surface area is 205 Å². The molecule has 9 nitrogen and oxygen atoms in total. The second kappa shape index (κ2) is 9.91. The number of esters is 1. The highest BCUT2D eigenvalue weighted by atomic mass is 79.9. The molecule has 0 aromatic heterocycles. The summed E-state index contributed by atoms with van der Waals surface area (Å²) in [5.41, 5.74) is 3.98. The van der Waals surface area contributed by atoms with Crippen molar-refractivity contribution in [3.8, 4) is 6.07 Å². The van der Waals surface area contributed by atoms with Gasteiger partial charge in [-0.3, -0.25) is 9.59 Å². The molecule has 1 atom stereocenters. The summed E-state index contributed by atoms with van der Waals surface area (Å²) < 4.78 is 5.42. The maximum Gasteiger partial charge on any atom is 0.302 e. The summed E-state index contributed by atoms with van der Waals surface area (Å²) in [4.78, 5) is 27.3. The number of carbonyl (C=O) groups is 2. The van der Waals surface area contributed by atoms with Crippen molar-refractivity contribution in [2.75, 3.05) is 31.1 Å². The van der Waals surface area contributed by atoms with Crippen molar-refractivity contribution in [1.82, 2.24) is 4.90 Å². The number of aliphatic hydroxyl groups is 1. The standard InChI is InChI=1S/C24H24BrN5O4/c1-3-30-23(32)18-12-16(13-26)22(21(25)20(18)24(30)33)28-27-17-6-7-19-15(11-17)5-4-8-29(19)9-10-34-14(2)31/h6-7,11-12,23,32H,3-5,8-10H2,1-2H3.